The number of carboxylic acid groups (broad SMARTS) is 1. The Kier molecular flexibility index (Phi) is 4.22. The van der Waals surface area contributed by atoms with Crippen molar-refractivity contribution in [3.63, 3.8) is 0 Å². The van der Waals surface area contributed by atoms with Gasteiger partial charge in [0.1, 0.15) is 0 Å². The average Bonchev–Trinajstić information content (AvgIpc) is 3.14. The molecule has 6 heteroatoms. The van der Waals surface area contributed by atoms with E-state index in [9.17, 15) is 9.59 Å². The molecular weight excluding hydrogens is 371 g/mol. The number of urea groups is 1. The number of hydrogen-bond acceptors (Lipinski definition) is 2. The maximum atomic E-state index is 12.0. The fourth-order valence-corrected chi connectivity index (χ4v) is 2.65. The van der Waals surface area contributed by atoms with E-state index in [2.05, 4.69) is 10.6 Å². The number of nitrogens with one attached hydrogen (secondary N) is 2. The van der Waals surface area contributed by atoms with E-state index < -0.39 is 5.97 Å². The van der Waals surface area contributed by atoms with Crippen LogP contribution in [0.15, 0.2) is 18.2 Å². The molecule has 0 unspecified atom stereocenters. The summed E-state index contributed by atoms with van der Waals surface area (Å²) in [4.78, 5) is 23.2. The van der Waals surface area contributed by atoms with E-state index in [0.717, 1.165) is 16.4 Å². The molecule has 2 amide bonds. The van der Waals surface area contributed by atoms with Crippen LogP contribution in [0.3, 0.4) is 0 Å². The van der Waals surface area contributed by atoms with E-state index in [-0.39, 0.29) is 17.1 Å². The van der Waals surface area contributed by atoms with Gasteiger partial charge in [-0.05, 0) is 73.4 Å². The van der Waals surface area contributed by atoms with Crippen LogP contribution in [-0.2, 0) is 0 Å². The van der Waals surface area contributed by atoms with Gasteiger partial charge in [0.15, 0.2) is 0 Å². The summed E-state index contributed by atoms with van der Waals surface area (Å²) < 4.78 is 0.810. The summed E-state index contributed by atoms with van der Waals surface area (Å²) in [6.45, 7) is 3.96. The van der Waals surface area contributed by atoms with Crippen LogP contribution in [-0.4, -0.2) is 22.6 Å². The Morgan fingerprint density at radius 2 is 2.00 bits per heavy atom. The SMILES string of the molecule is CC(C)(NC(=O)Nc1ccc(I)cc1C(=O)O)C1CC1. The van der Waals surface area contributed by atoms with Crippen molar-refractivity contribution >= 4 is 40.3 Å². The zero-order chi connectivity index (χ0) is 14.9. The monoisotopic (exact) mass is 388 g/mol. The van der Waals surface area contributed by atoms with Gasteiger partial charge in [0.25, 0.3) is 0 Å². The third-order valence-corrected chi connectivity index (χ3v) is 4.16. The van der Waals surface area contributed by atoms with Gasteiger partial charge in [0, 0.05) is 9.11 Å². The Hall–Kier alpha value is -1.31. The number of anilines is 1. The summed E-state index contributed by atoms with van der Waals surface area (Å²) in [5, 5.41) is 14.7. The molecule has 0 atom stereocenters. The summed E-state index contributed by atoms with van der Waals surface area (Å²) in [5.74, 6) is -0.552. The molecule has 0 heterocycles. The molecule has 3 N–H and O–H groups in total. The summed E-state index contributed by atoms with van der Waals surface area (Å²) in [6.07, 6.45) is 2.24. The maximum absolute atomic E-state index is 12.0. The number of carbonyl (C=O) groups excluding carboxylic acids is 1. The Labute approximate surface area is 131 Å². The molecular formula is C14H17IN2O3. The number of carbonyl (C=O) groups is 2. The van der Waals surface area contributed by atoms with Gasteiger partial charge in [-0.15, -0.1) is 0 Å². The minimum atomic E-state index is -1.06. The van der Waals surface area contributed by atoms with Crippen molar-refractivity contribution in [2.45, 2.75) is 32.2 Å². The molecule has 1 fully saturated rings. The minimum absolute atomic E-state index is 0.0938. The zero-order valence-electron chi connectivity index (χ0n) is 11.4. The van der Waals surface area contributed by atoms with Crippen molar-refractivity contribution in [2.24, 2.45) is 5.92 Å². The Bertz CT molecular complexity index is 553. The number of carboxylic acids is 1. The van der Waals surface area contributed by atoms with Gasteiger partial charge >= 0.3 is 12.0 Å². The van der Waals surface area contributed by atoms with Crippen molar-refractivity contribution in [3.05, 3.63) is 27.3 Å². The molecule has 0 bridgehead atoms. The molecule has 1 aliphatic rings. The average molecular weight is 388 g/mol. The molecule has 0 aliphatic heterocycles. The molecule has 0 saturated heterocycles. The summed E-state index contributed by atoms with van der Waals surface area (Å²) >= 11 is 2.04. The normalized spacial score (nSPS) is 14.8. The van der Waals surface area contributed by atoms with Crippen molar-refractivity contribution in [1.82, 2.24) is 5.32 Å². The molecule has 1 saturated carbocycles. The quantitative estimate of drug-likeness (QED) is 0.693. The maximum Gasteiger partial charge on any atom is 0.337 e. The van der Waals surface area contributed by atoms with Gasteiger partial charge in [-0.2, -0.15) is 0 Å². The fourth-order valence-electron chi connectivity index (χ4n) is 2.16. The van der Waals surface area contributed by atoms with Gasteiger partial charge in [-0.1, -0.05) is 0 Å². The topological polar surface area (TPSA) is 78.4 Å². The van der Waals surface area contributed by atoms with E-state index >= 15 is 0 Å². The smallest absolute Gasteiger partial charge is 0.337 e. The van der Waals surface area contributed by atoms with Crippen LogP contribution in [0.4, 0.5) is 10.5 Å². The third kappa shape index (κ3) is 3.62. The molecule has 1 aromatic carbocycles. The first kappa shape index (κ1) is 15.1. The third-order valence-electron chi connectivity index (χ3n) is 3.49. The van der Waals surface area contributed by atoms with Gasteiger partial charge in [0.05, 0.1) is 11.3 Å². The standard InChI is InChI=1S/C14H17IN2O3/c1-14(2,8-3-4-8)17-13(20)16-11-6-5-9(15)7-10(11)12(18)19/h5-8H,3-4H2,1-2H3,(H,18,19)(H2,16,17,20). The molecule has 108 valence electrons. The number of halogens is 1. The van der Waals surface area contributed by atoms with Gasteiger partial charge in [0.2, 0.25) is 0 Å². The van der Waals surface area contributed by atoms with E-state index in [1.54, 1.807) is 12.1 Å². The molecule has 1 aliphatic carbocycles. The first-order chi connectivity index (χ1) is 9.29. The largest absolute Gasteiger partial charge is 0.478 e. The first-order valence-electron chi connectivity index (χ1n) is 6.41. The second-order valence-electron chi connectivity index (χ2n) is 5.57. The van der Waals surface area contributed by atoms with Crippen molar-refractivity contribution < 1.29 is 14.7 Å². The highest BCUT2D eigenvalue weighted by atomic mass is 127. The number of rotatable bonds is 4. The lowest BCUT2D eigenvalue weighted by Crippen LogP contribution is -2.47. The molecule has 20 heavy (non-hydrogen) atoms. The van der Waals surface area contributed by atoms with Gasteiger partial charge < -0.3 is 15.7 Å². The molecule has 0 radical (unpaired) electrons. The summed E-state index contributed by atoms with van der Waals surface area (Å²) in [7, 11) is 0. The van der Waals surface area contributed by atoms with Gasteiger partial charge in [-0.25, -0.2) is 9.59 Å². The molecule has 0 aromatic heterocycles. The molecule has 5 nitrogen and oxygen atoms in total. The highest BCUT2D eigenvalue weighted by Gasteiger charge is 2.38. The van der Waals surface area contributed by atoms with Crippen LogP contribution in [0.2, 0.25) is 0 Å². The number of benzene rings is 1. The predicted octanol–water partition coefficient (Wildman–Crippen LogP) is 3.30. The van der Waals surface area contributed by atoms with E-state index in [1.165, 1.54) is 6.07 Å². The fraction of sp³-hybridized carbons (Fsp3) is 0.429. The van der Waals surface area contributed by atoms with E-state index in [4.69, 9.17) is 5.11 Å². The predicted molar refractivity (Wildman–Crippen MR) is 85.1 cm³/mol. The van der Waals surface area contributed by atoms with Crippen LogP contribution < -0.4 is 10.6 Å². The van der Waals surface area contributed by atoms with Crippen LogP contribution in [0.5, 0.6) is 0 Å². The Morgan fingerprint density at radius 3 is 2.55 bits per heavy atom. The Morgan fingerprint density at radius 1 is 1.35 bits per heavy atom. The van der Waals surface area contributed by atoms with E-state index in [0.29, 0.717) is 11.6 Å². The molecule has 2 rings (SSSR count). The van der Waals surface area contributed by atoms with Crippen molar-refractivity contribution in [2.75, 3.05) is 5.32 Å². The lowest BCUT2D eigenvalue weighted by atomic mass is 9.99. The lowest BCUT2D eigenvalue weighted by molar-refractivity contribution is 0.0698. The number of amides is 2. The first-order valence-corrected chi connectivity index (χ1v) is 7.49. The second-order valence-corrected chi connectivity index (χ2v) is 6.82. The Balaban J connectivity index is 2.09. The number of aromatic carboxylic acids is 1. The lowest BCUT2D eigenvalue weighted by Gasteiger charge is -2.26. The summed E-state index contributed by atoms with van der Waals surface area (Å²) in [6, 6.07) is 4.53. The second kappa shape index (κ2) is 5.59. The van der Waals surface area contributed by atoms with Crippen LogP contribution >= 0.6 is 22.6 Å². The highest BCUT2D eigenvalue weighted by Crippen LogP contribution is 2.39. The minimum Gasteiger partial charge on any atom is -0.478 e. The van der Waals surface area contributed by atoms with Crippen LogP contribution in [0, 0.1) is 9.49 Å². The zero-order valence-corrected chi connectivity index (χ0v) is 13.5. The molecule has 0 spiro atoms. The van der Waals surface area contributed by atoms with Crippen LogP contribution in [0.25, 0.3) is 0 Å². The highest BCUT2D eigenvalue weighted by molar-refractivity contribution is 14.1. The number of hydrogen-bond donors (Lipinski definition) is 3. The van der Waals surface area contributed by atoms with Crippen molar-refractivity contribution in [1.29, 1.82) is 0 Å². The van der Waals surface area contributed by atoms with Crippen molar-refractivity contribution in [3.8, 4) is 0 Å². The molecule has 1 aromatic rings. The van der Waals surface area contributed by atoms with Crippen LogP contribution in [0.1, 0.15) is 37.0 Å². The summed E-state index contributed by atoms with van der Waals surface area (Å²) in [5.41, 5.74) is 0.134. The van der Waals surface area contributed by atoms with Gasteiger partial charge in [-0.3, -0.25) is 0 Å². The van der Waals surface area contributed by atoms with E-state index in [1.807, 2.05) is 36.4 Å².